The van der Waals surface area contributed by atoms with Crippen molar-refractivity contribution in [2.75, 3.05) is 0 Å². The van der Waals surface area contributed by atoms with Crippen LogP contribution in [-0.4, -0.2) is 9.97 Å². The van der Waals surface area contributed by atoms with Crippen LogP contribution in [0.1, 0.15) is 0 Å². The van der Waals surface area contributed by atoms with Crippen molar-refractivity contribution in [3.8, 4) is 67.2 Å². The normalized spacial score (nSPS) is 11.3. The smallest absolute Gasteiger partial charge is 0.180 e. The van der Waals surface area contributed by atoms with Gasteiger partial charge in [-0.05, 0) is 56.6 Å². The molecule has 3 nitrogen and oxygen atoms in total. The molecule has 0 unspecified atom stereocenters. The number of hydrogen-bond acceptors (Lipinski definition) is 3. The summed E-state index contributed by atoms with van der Waals surface area (Å²) in [4.78, 5) is 10.2. The standard InChI is InChI=1S/C46H30N2O/c1-3-9-31(10-4-1)33-15-19-35(20-16-33)37-23-27-39(28-24-37)43-45-44(41-13-7-8-14-42(41)49-45)48-46(47-43)40-29-25-38(26-30-40)36-21-17-34(18-22-36)32-11-5-2-6-12-32/h1-30H. The molecule has 0 amide bonds. The van der Waals surface area contributed by atoms with Crippen LogP contribution in [0.5, 0.6) is 0 Å². The second-order valence-corrected chi connectivity index (χ2v) is 12.2. The predicted molar refractivity (Wildman–Crippen MR) is 202 cm³/mol. The van der Waals surface area contributed by atoms with Gasteiger partial charge in [0, 0.05) is 16.5 Å². The first-order valence-corrected chi connectivity index (χ1v) is 16.5. The molecule has 2 heterocycles. The van der Waals surface area contributed by atoms with Gasteiger partial charge in [-0.15, -0.1) is 0 Å². The first-order chi connectivity index (χ1) is 24.3. The minimum Gasteiger partial charge on any atom is -0.452 e. The summed E-state index contributed by atoms with van der Waals surface area (Å²) in [6.07, 6.45) is 0. The van der Waals surface area contributed by atoms with E-state index in [2.05, 4.69) is 152 Å². The van der Waals surface area contributed by atoms with E-state index < -0.39 is 0 Å². The second kappa shape index (κ2) is 12.2. The van der Waals surface area contributed by atoms with Crippen LogP contribution in [0, 0.1) is 0 Å². The van der Waals surface area contributed by atoms with E-state index in [4.69, 9.17) is 14.4 Å². The number of nitrogens with zero attached hydrogens (tertiary/aromatic N) is 2. The molecule has 0 aliphatic rings. The SMILES string of the molecule is c1ccc(-c2ccc(-c3ccc(-c4nc(-c5ccc(-c6ccc(-c7ccccc7)cc6)cc5)c5oc6ccccc6c5n4)cc3)cc2)cc1. The molecule has 0 aliphatic heterocycles. The molecule has 3 heteroatoms. The topological polar surface area (TPSA) is 38.9 Å². The minimum absolute atomic E-state index is 0.667. The van der Waals surface area contributed by atoms with Gasteiger partial charge in [-0.2, -0.15) is 0 Å². The van der Waals surface area contributed by atoms with Gasteiger partial charge in [-0.1, -0.05) is 170 Å². The van der Waals surface area contributed by atoms with Crippen molar-refractivity contribution in [2.24, 2.45) is 0 Å². The number of hydrogen-bond donors (Lipinski definition) is 0. The Morgan fingerprint density at radius 2 is 0.673 bits per heavy atom. The van der Waals surface area contributed by atoms with E-state index in [0.29, 0.717) is 11.4 Å². The van der Waals surface area contributed by atoms with Gasteiger partial charge in [0.15, 0.2) is 11.4 Å². The van der Waals surface area contributed by atoms with Crippen LogP contribution >= 0.6 is 0 Å². The van der Waals surface area contributed by atoms with Crippen LogP contribution in [0.3, 0.4) is 0 Å². The lowest BCUT2D eigenvalue weighted by Crippen LogP contribution is -1.94. The lowest BCUT2D eigenvalue weighted by molar-refractivity contribution is 0.667. The third-order valence-electron chi connectivity index (χ3n) is 9.17. The van der Waals surface area contributed by atoms with Gasteiger partial charge in [0.1, 0.15) is 16.8 Å². The van der Waals surface area contributed by atoms with Crippen LogP contribution in [0.4, 0.5) is 0 Å². The molecule has 0 fully saturated rings. The maximum Gasteiger partial charge on any atom is 0.180 e. The highest BCUT2D eigenvalue weighted by atomic mass is 16.3. The van der Waals surface area contributed by atoms with Gasteiger partial charge in [-0.3, -0.25) is 0 Å². The summed E-state index contributed by atoms with van der Waals surface area (Å²) in [6.45, 7) is 0. The van der Waals surface area contributed by atoms with Crippen molar-refractivity contribution in [3.05, 3.63) is 182 Å². The largest absolute Gasteiger partial charge is 0.452 e. The van der Waals surface area contributed by atoms with Crippen molar-refractivity contribution in [2.45, 2.75) is 0 Å². The van der Waals surface area contributed by atoms with Gasteiger partial charge >= 0.3 is 0 Å². The summed E-state index contributed by atoms with van der Waals surface area (Å²) >= 11 is 0. The summed E-state index contributed by atoms with van der Waals surface area (Å²) < 4.78 is 6.39. The van der Waals surface area contributed by atoms with E-state index in [9.17, 15) is 0 Å². The van der Waals surface area contributed by atoms with Gasteiger partial charge in [0.2, 0.25) is 0 Å². The molecule has 0 N–H and O–H groups in total. The summed E-state index contributed by atoms with van der Waals surface area (Å²) in [6, 6.07) is 63.5. The van der Waals surface area contributed by atoms with Crippen LogP contribution in [0.15, 0.2) is 186 Å². The van der Waals surface area contributed by atoms with Crippen LogP contribution in [0.2, 0.25) is 0 Å². The maximum atomic E-state index is 6.39. The maximum absolute atomic E-state index is 6.39. The summed E-state index contributed by atoms with van der Waals surface area (Å²) in [5, 5.41) is 0.979. The van der Waals surface area contributed by atoms with Crippen molar-refractivity contribution in [3.63, 3.8) is 0 Å². The molecule has 0 spiro atoms. The molecule has 9 aromatic rings. The predicted octanol–water partition coefficient (Wildman–Crippen LogP) is 12.4. The lowest BCUT2D eigenvalue weighted by atomic mass is 9.99. The van der Waals surface area contributed by atoms with E-state index in [1.807, 2.05) is 30.3 Å². The fourth-order valence-electron chi connectivity index (χ4n) is 6.52. The Labute approximate surface area is 284 Å². The number of furan rings is 1. The molecule has 7 aromatic carbocycles. The lowest BCUT2D eigenvalue weighted by Gasteiger charge is -2.09. The molecule has 230 valence electrons. The zero-order valence-electron chi connectivity index (χ0n) is 26.6. The molecular weight excluding hydrogens is 597 g/mol. The number of para-hydroxylation sites is 1. The van der Waals surface area contributed by atoms with Crippen molar-refractivity contribution in [1.82, 2.24) is 9.97 Å². The highest BCUT2D eigenvalue weighted by Crippen LogP contribution is 2.37. The average molecular weight is 627 g/mol. The molecule has 49 heavy (non-hydrogen) atoms. The molecule has 0 bridgehead atoms. The summed E-state index contributed by atoms with van der Waals surface area (Å²) in [5.41, 5.74) is 14.5. The van der Waals surface area contributed by atoms with Crippen LogP contribution < -0.4 is 0 Å². The Hall–Kier alpha value is -6.58. The molecule has 0 atom stereocenters. The van der Waals surface area contributed by atoms with Gasteiger partial charge in [0.25, 0.3) is 0 Å². The quantitative estimate of drug-likeness (QED) is 0.184. The number of fused-ring (bicyclic) bond motifs is 3. The average Bonchev–Trinajstić information content (AvgIpc) is 3.57. The number of benzene rings is 7. The molecular formula is C46H30N2O. The zero-order valence-corrected chi connectivity index (χ0v) is 26.6. The fourth-order valence-corrected chi connectivity index (χ4v) is 6.52. The first-order valence-electron chi connectivity index (χ1n) is 16.5. The monoisotopic (exact) mass is 626 g/mol. The van der Waals surface area contributed by atoms with E-state index in [0.717, 1.165) is 44.4 Å². The highest BCUT2D eigenvalue weighted by molar-refractivity contribution is 6.07. The Bertz CT molecular complexity index is 2530. The zero-order chi connectivity index (χ0) is 32.6. The highest BCUT2D eigenvalue weighted by Gasteiger charge is 2.18. The molecule has 0 saturated heterocycles. The van der Waals surface area contributed by atoms with Crippen LogP contribution in [-0.2, 0) is 0 Å². The molecule has 0 aliphatic carbocycles. The van der Waals surface area contributed by atoms with Crippen molar-refractivity contribution < 1.29 is 4.42 Å². The second-order valence-electron chi connectivity index (χ2n) is 12.2. The van der Waals surface area contributed by atoms with Gasteiger partial charge in [-0.25, -0.2) is 9.97 Å². The first kappa shape index (κ1) is 28.6. The minimum atomic E-state index is 0.667. The number of aromatic nitrogens is 2. The van der Waals surface area contributed by atoms with E-state index in [1.165, 1.54) is 33.4 Å². The third-order valence-corrected chi connectivity index (χ3v) is 9.17. The summed E-state index contributed by atoms with van der Waals surface area (Å²) in [5.74, 6) is 0.667. The van der Waals surface area contributed by atoms with Gasteiger partial charge < -0.3 is 4.42 Å². The van der Waals surface area contributed by atoms with E-state index >= 15 is 0 Å². The Morgan fingerprint density at radius 3 is 1.14 bits per heavy atom. The van der Waals surface area contributed by atoms with E-state index in [1.54, 1.807) is 0 Å². The van der Waals surface area contributed by atoms with E-state index in [-0.39, 0.29) is 0 Å². The van der Waals surface area contributed by atoms with Gasteiger partial charge in [0.05, 0.1) is 0 Å². The fraction of sp³-hybridized carbons (Fsp3) is 0. The Morgan fingerprint density at radius 1 is 0.306 bits per heavy atom. The number of rotatable bonds is 6. The summed E-state index contributed by atoms with van der Waals surface area (Å²) in [7, 11) is 0. The van der Waals surface area contributed by atoms with Crippen molar-refractivity contribution >= 4 is 22.1 Å². The molecule has 9 rings (SSSR count). The Balaban J connectivity index is 1.06. The third kappa shape index (κ3) is 5.48. The molecule has 0 saturated carbocycles. The van der Waals surface area contributed by atoms with Crippen LogP contribution in [0.25, 0.3) is 89.2 Å². The Kier molecular flexibility index (Phi) is 7.14. The molecule has 0 radical (unpaired) electrons. The van der Waals surface area contributed by atoms with Crippen molar-refractivity contribution in [1.29, 1.82) is 0 Å². The molecule has 2 aromatic heterocycles.